The van der Waals surface area contributed by atoms with Crippen LogP contribution in [-0.4, -0.2) is 23.5 Å². The molecule has 0 radical (unpaired) electrons. The molecule has 0 spiro atoms. The van der Waals surface area contributed by atoms with Crippen molar-refractivity contribution in [1.29, 1.82) is 0 Å². The number of nitrogens with one attached hydrogen (secondary N) is 1. The van der Waals surface area contributed by atoms with Crippen LogP contribution in [0.4, 0.5) is 4.79 Å². The summed E-state index contributed by atoms with van der Waals surface area (Å²) >= 11 is 0. The zero-order valence-corrected chi connectivity index (χ0v) is 9.98. The number of hydrogen-bond donors (Lipinski definition) is 1. The molecule has 3 nitrogen and oxygen atoms in total. The van der Waals surface area contributed by atoms with E-state index in [4.69, 9.17) is 0 Å². The molecule has 3 rings (SSSR count). The summed E-state index contributed by atoms with van der Waals surface area (Å²) < 4.78 is 0. The van der Waals surface area contributed by atoms with E-state index in [1.165, 1.54) is 17.5 Å². The monoisotopic (exact) mass is 230 g/mol. The third kappa shape index (κ3) is 2.14. The van der Waals surface area contributed by atoms with Gasteiger partial charge in [-0.2, -0.15) is 0 Å². The zero-order valence-electron chi connectivity index (χ0n) is 9.98. The van der Waals surface area contributed by atoms with Gasteiger partial charge in [-0.05, 0) is 36.8 Å². The number of carbonyl (C=O) groups is 1. The molecule has 1 heterocycles. The summed E-state index contributed by atoms with van der Waals surface area (Å²) in [6.45, 7) is 1.60. The van der Waals surface area contributed by atoms with Gasteiger partial charge in [0.1, 0.15) is 0 Å². The van der Waals surface area contributed by atoms with Gasteiger partial charge in [-0.25, -0.2) is 4.79 Å². The molecule has 1 N–H and O–H groups in total. The highest BCUT2D eigenvalue weighted by Crippen LogP contribution is 2.21. The predicted molar refractivity (Wildman–Crippen MR) is 66.7 cm³/mol. The van der Waals surface area contributed by atoms with Crippen molar-refractivity contribution < 1.29 is 4.79 Å². The van der Waals surface area contributed by atoms with Crippen LogP contribution in [0.3, 0.4) is 0 Å². The normalized spacial score (nSPS) is 19.4. The Labute approximate surface area is 102 Å². The lowest BCUT2D eigenvalue weighted by atomic mass is 9.93. The second-order valence-electron chi connectivity index (χ2n) is 5.02. The number of nitrogens with zero attached hydrogens (tertiary/aromatic N) is 1. The summed E-state index contributed by atoms with van der Waals surface area (Å²) in [5.41, 5.74) is 2.68. The molecule has 0 bridgehead atoms. The standard InChI is InChI=1S/C14H18N2O/c17-14(15-13-6-3-7-13)16-9-8-11-4-1-2-5-12(11)10-16/h1-2,4-5,13H,3,6-10H2,(H,15,17). The van der Waals surface area contributed by atoms with E-state index in [0.717, 1.165) is 32.4 Å². The molecule has 0 unspecified atom stereocenters. The first-order chi connectivity index (χ1) is 8.33. The van der Waals surface area contributed by atoms with Crippen molar-refractivity contribution in [1.82, 2.24) is 10.2 Å². The van der Waals surface area contributed by atoms with Crippen molar-refractivity contribution in [3.05, 3.63) is 35.4 Å². The summed E-state index contributed by atoms with van der Waals surface area (Å²) in [6, 6.07) is 8.95. The van der Waals surface area contributed by atoms with E-state index < -0.39 is 0 Å². The molecule has 1 aromatic rings. The average Bonchev–Trinajstić information content (AvgIpc) is 2.33. The molecule has 0 aromatic heterocycles. The van der Waals surface area contributed by atoms with Gasteiger partial charge in [0.05, 0.1) is 0 Å². The SMILES string of the molecule is O=C(NC1CCC1)N1CCc2ccccc2C1. The van der Waals surface area contributed by atoms with Crippen molar-refractivity contribution in [2.45, 2.75) is 38.3 Å². The summed E-state index contributed by atoms with van der Waals surface area (Å²) in [5, 5.41) is 3.10. The fraction of sp³-hybridized carbons (Fsp3) is 0.500. The number of benzene rings is 1. The Morgan fingerprint density at radius 2 is 2.00 bits per heavy atom. The van der Waals surface area contributed by atoms with Gasteiger partial charge in [-0.15, -0.1) is 0 Å². The van der Waals surface area contributed by atoms with Gasteiger partial charge in [0.15, 0.2) is 0 Å². The van der Waals surface area contributed by atoms with E-state index in [1.807, 2.05) is 11.0 Å². The van der Waals surface area contributed by atoms with Crippen LogP contribution in [0.2, 0.25) is 0 Å². The molecule has 1 aliphatic heterocycles. The Hall–Kier alpha value is -1.51. The minimum atomic E-state index is 0.115. The molecule has 17 heavy (non-hydrogen) atoms. The zero-order chi connectivity index (χ0) is 11.7. The van der Waals surface area contributed by atoms with Crippen LogP contribution in [-0.2, 0) is 13.0 Å². The van der Waals surface area contributed by atoms with Crippen LogP contribution in [0, 0.1) is 0 Å². The first-order valence-corrected chi connectivity index (χ1v) is 6.45. The Balaban J connectivity index is 1.64. The lowest BCUT2D eigenvalue weighted by Crippen LogP contribution is -2.48. The molecule has 90 valence electrons. The lowest BCUT2D eigenvalue weighted by molar-refractivity contribution is 0.181. The van der Waals surface area contributed by atoms with Crippen molar-refractivity contribution in [3.8, 4) is 0 Å². The second kappa shape index (κ2) is 4.40. The molecular formula is C14H18N2O. The molecule has 3 heteroatoms. The van der Waals surface area contributed by atoms with Crippen LogP contribution in [0.1, 0.15) is 30.4 Å². The fourth-order valence-electron chi connectivity index (χ4n) is 2.49. The van der Waals surface area contributed by atoms with Crippen LogP contribution >= 0.6 is 0 Å². The number of rotatable bonds is 1. The molecule has 0 saturated heterocycles. The molecule has 2 amide bonds. The molecule has 1 saturated carbocycles. The molecule has 1 aliphatic carbocycles. The Bertz CT molecular complexity index is 426. The van der Waals surface area contributed by atoms with E-state index in [1.54, 1.807) is 0 Å². The lowest BCUT2D eigenvalue weighted by Gasteiger charge is -2.33. The third-order valence-electron chi connectivity index (χ3n) is 3.85. The molecule has 1 aromatic carbocycles. The van der Waals surface area contributed by atoms with Gasteiger partial charge in [0, 0.05) is 19.1 Å². The van der Waals surface area contributed by atoms with Crippen LogP contribution < -0.4 is 5.32 Å². The van der Waals surface area contributed by atoms with E-state index in [2.05, 4.69) is 23.5 Å². The molecule has 1 fully saturated rings. The Kier molecular flexibility index (Phi) is 2.75. The number of fused-ring (bicyclic) bond motifs is 1. The van der Waals surface area contributed by atoms with E-state index >= 15 is 0 Å². The maximum Gasteiger partial charge on any atom is 0.317 e. The highest BCUT2D eigenvalue weighted by molar-refractivity contribution is 5.75. The van der Waals surface area contributed by atoms with Gasteiger partial charge >= 0.3 is 6.03 Å². The molecular weight excluding hydrogens is 212 g/mol. The average molecular weight is 230 g/mol. The highest BCUT2D eigenvalue weighted by Gasteiger charge is 2.24. The largest absolute Gasteiger partial charge is 0.335 e. The summed E-state index contributed by atoms with van der Waals surface area (Å²) in [4.78, 5) is 14.0. The van der Waals surface area contributed by atoms with E-state index in [-0.39, 0.29) is 6.03 Å². The first kappa shape index (κ1) is 10.6. The fourth-order valence-corrected chi connectivity index (χ4v) is 2.49. The quantitative estimate of drug-likeness (QED) is 0.789. The molecule has 2 aliphatic rings. The number of amides is 2. The van der Waals surface area contributed by atoms with Crippen LogP contribution in [0.5, 0.6) is 0 Å². The highest BCUT2D eigenvalue weighted by atomic mass is 16.2. The van der Waals surface area contributed by atoms with Gasteiger partial charge in [-0.1, -0.05) is 24.3 Å². The van der Waals surface area contributed by atoms with Gasteiger partial charge in [0.2, 0.25) is 0 Å². The summed E-state index contributed by atoms with van der Waals surface area (Å²) in [5.74, 6) is 0. The van der Waals surface area contributed by atoms with Gasteiger partial charge < -0.3 is 10.2 Å². The maximum atomic E-state index is 12.0. The van der Waals surface area contributed by atoms with E-state index in [0.29, 0.717) is 6.04 Å². The summed E-state index contributed by atoms with van der Waals surface area (Å²) in [7, 11) is 0. The van der Waals surface area contributed by atoms with Gasteiger partial charge in [-0.3, -0.25) is 0 Å². The number of hydrogen-bond acceptors (Lipinski definition) is 1. The van der Waals surface area contributed by atoms with Crippen molar-refractivity contribution in [2.24, 2.45) is 0 Å². The maximum absolute atomic E-state index is 12.0. The Morgan fingerprint density at radius 1 is 1.24 bits per heavy atom. The first-order valence-electron chi connectivity index (χ1n) is 6.45. The molecule has 0 atom stereocenters. The van der Waals surface area contributed by atoms with Crippen LogP contribution in [0.15, 0.2) is 24.3 Å². The van der Waals surface area contributed by atoms with Gasteiger partial charge in [0.25, 0.3) is 0 Å². The second-order valence-corrected chi connectivity index (χ2v) is 5.02. The van der Waals surface area contributed by atoms with Crippen LogP contribution in [0.25, 0.3) is 0 Å². The topological polar surface area (TPSA) is 32.3 Å². The van der Waals surface area contributed by atoms with Crippen molar-refractivity contribution in [2.75, 3.05) is 6.54 Å². The number of carbonyl (C=O) groups excluding carboxylic acids is 1. The predicted octanol–water partition coefficient (Wildman–Crippen LogP) is 2.31. The summed E-state index contributed by atoms with van der Waals surface area (Å²) in [6.07, 6.45) is 4.54. The van der Waals surface area contributed by atoms with Crippen molar-refractivity contribution >= 4 is 6.03 Å². The Morgan fingerprint density at radius 3 is 2.71 bits per heavy atom. The minimum Gasteiger partial charge on any atom is -0.335 e. The number of urea groups is 1. The third-order valence-corrected chi connectivity index (χ3v) is 3.85. The minimum absolute atomic E-state index is 0.115. The van der Waals surface area contributed by atoms with E-state index in [9.17, 15) is 4.79 Å². The van der Waals surface area contributed by atoms with Crippen molar-refractivity contribution in [3.63, 3.8) is 0 Å². The smallest absolute Gasteiger partial charge is 0.317 e.